The topological polar surface area (TPSA) is 70.5 Å². The van der Waals surface area contributed by atoms with Crippen LogP contribution in [0.1, 0.15) is 45.2 Å². The summed E-state index contributed by atoms with van der Waals surface area (Å²) >= 11 is 1.29. The van der Waals surface area contributed by atoms with E-state index in [1.807, 2.05) is 0 Å². The van der Waals surface area contributed by atoms with Crippen molar-refractivity contribution in [1.82, 2.24) is 9.88 Å². The molecule has 0 radical (unpaired) electrons. The second-order valence-corrected chi connectivity index (χ2v) is 7.26. The Bertz CT molecular complexity index is 788. The molecular weight excluding hydrogens is 343 g/mol. The molecule has 0 saturated carbocycles. The van der Waals surface area contributed by atoms with E-state index in [1.165, 1.54) is 28.4 Å². The van der Waals surface area contributed by atoms with Crippen LogP contribution in [-0.2, 0) is 11.2 Å². The Labute approximate surface area is 149 Å². The van der Waals surface area contributed by atoms with Gasteiger partial charge < -0.3 is 10.0 Å². The van der Waals surface area contributed by atoms with Gasteiger partial charge in [0.15, 0.2) is 0 Å². The third-order valence-electron chi connectivity index (χ3n) is 4.35. The molecule has 25 heavy (non-hydrogen) atoms. The normalized spacial score (nSPS) is 17.5. The first-order chi connectivity index (χ1) is 12.0. The van der Waals surface area contributed by atoms with Crippen molar-refractivity contribution >= 4 is 23.2 Å². The number of benzene rings is 1. The molecule has 1 aromatic carbocycles. The maximum absolute atomic E-state index is 13.0. The zero-order chi connectivity index (χ0) is 18.0. The molecule has 132 valence electrons. The van der Waals surface area contributed by atoms with Crippen molar-refractivity contribution in [1.29, 1.82) is 0 Å². The van der Waals surface area contributed by atoms with E-state index in [2.05, 4.69) is 4.98 Å². The molecule has 0 aliphatic carbocycles. The van der Waals surface area contributed by atoms with Gasteiger partial charge in [-0.1, -0.05) is 12.1 Å². The summed E-state index contributed by atoms with van der Waals surface area (Å²) in [4.78, 5) is 30.6. The predicted molar refractivity (Wildman–Crippen MR) is 92.4 cm³/mol. The van der Waals surface area contributed by atoms with Crippen LogP contribution in [0.5, 0.6) is 0 Å². The van der Waals surface area contributed by atoms with Crippen LogP contribution in [0.3, 0.4) is 0 Å². The van der Waals surface area contributed by atoms with Crippen LogP contribution in [0.25, 0.3) is 0 Å². The predicted octanol–water partition coefficient (Wildman–Crippen LogP) is 3.26. The number of hydrogen-bond acceptors (Lipinski definition) is 4. The van der Waals surface area contributed by atoms with Gasteiger partial charge in [0.2, 0.25) is 0 Å². The van der Waals surface area contributed by atoms with E-state index in [4.69, 9.17) is 0 Å². The van der Waals surface area contributed by atoms with Gasteiger partial charge >= 0.3 is 5.97 Å². The summed E-state index contributed by atoms with van der Waals surface area (Å²) in [6.07, 6.45) is 2.64. The number of carboxylic acids is 1. The summed E-state index contributed by atoms with van der Waals surface area (Å²) < 4.78 is 13.0. The van der Waals surface area contributed by atoms with E-state index in [0.717, 1.165) is 23.4 Å². The second-order valence-electron chi connectivity index (χ2n) is 6.17. The fourth-order valence-corrected chi connectivity index (χ4v) is 4.12. The average molecular weight is 362 g/mol. The van der Waals surface area contributed by atoms with Crippen LogP contribution < -0.4 is 0 Å². The van der Waals surface area contributed by atoms with Crippen LogP contribution in [0.15, 0.2) is 24.3 Å². The van der Waals surface area contributed by atoms with Crippen LogP contribution in [0.2, 0.25) is 0 Å². The second kappa shape index (κ2) is 7.31. The van der Waals surface area contributed by atoms with Gasteiger partial charge in [0.05, 0.1) is 10.7 Å². The molecule has 1 saturated heterocycles. The molecule has 1 aliphatic heterocycles. The van der Waals surface area contributed by atoms with Crippen molar-refractivity contribution in [2.75, 3.05) is 6.54 Å². The van der Waals surface area contributed by atoms with Gasteiger partial charge in [-0.25, -0.2) is 14.2 Å². The number of carboxylic acid groups (broad SMARTS) is 1. The minimum atomic E-state index is -0.957. The van der Waals surface area contributed by atoms with Gasteiger partial charge in [-0.2, -0.15) is 0 Å². The zero-order valence-corrected chi connectivity index (χ0v) is 14.7. The van der Waals surface area contributed by atoms with Gasteiger partial charge in [0, 0.05) is 13.0 Å². The highest BCUT2D eigenvalue weighted by Gasteiger charge is 2.34. The molecule has 1 aliphatic rings. The number of thiazole rings is 1. The lowest BCUT2D eigenvalue weighted by Gasteiger charge is -2.32. The number of aromatic nitrogens is 1. The fourth-order valence-electron chi connectivity index (χ4n) is 3.07. The number of carbonyl (C=O) groups excluding carboxylic acids is 1. The van der Waals surface area contributed by atoms with E-state index in [0.29, 0.717) is 30.0 Å². The molecular formula is C18H19FN2O3S. The molecule has 3 rings (SSSR count). The molecule has 1 atom stereocenters. The average Bonchev–Trinajstić information content (AvgIpc) is 2.96. The Morgan fingerprint density at radius 3 is 2.72 bits per heavy atom. The van der Waals surface area contributed by atoms with Crippen LogP contribution in [0, 0.1) is 12.7 Å². The first-order valence-electron chi connectivity index (χ1n) is 8.20. The smallest absolute Gasteiger partial charge is 0.326 e. The molecule has 1 fully saturated rings. The Balaban J connectivity index is 1.80. The van der Waals surface area contributed by atoms with Crippen molar-refractivity contribution in [3.63, 3.8) is 0 Å². The number of hydrogen-bond donors (Lipinski definition) is 1. The summed E-state index contributed by atoms with van der Waals surface area (Å²) in [5.74, 6) is -1.51. The number of rotatable bonds is 4. The van der Waals surface area contributed by atoms with Crippen molar-refractivity contribution in [2.24, 2.45) is 0 Å². The fraction of sp³-hybridized carbons (Fsp3) is 0.389. The third-order valence-corrected chi connectivity index (χ3v) is 5.50. The Hall–Kier alpha value is -2.28. The molecule has 1 N–H and O–H groups in total. The van der Waals surface area contributed by atoms with Crippen molar-refractivity contribution in [3.05, 3.63) is 51.2 Å². The number of nitrogens with zero attached hydrogens (tertiary/aromatic N) is 2. The minimum absolute atomic E-state index is 0.257. The van der Waals surface area contributed by atoms with Gasteiger partial charge in [-0.3, -0.25) is 4.79 Å². The Kier molecular flexibility index (Phi) is 5.13. The van der Waals surface area contributed by atoms with E-state index < -0.39 is 12.0 Å². The quantitative estimate of drug-likeness (QED) is 0.906. The van der Waals surface area contributed by atoms with Crippen molar-refractivity contribution in [3.8, 4) is 0 Å². The molecule has 0 unspecified atom stereocenters. The van der Waals surface area contributed by atoms with Crippen molar-refractivity contribution < 1.29 is 19.1 Å². The summed E-state index contributed by atoms with van der Waals surface area (Å²) in [6, 6.07) is 5.42. The standard InChI is InChI=1S/C18H19FN2O3S/c1-11-16(17(22)21-9-3-2-4-14(21)18(23)24)25-15(20-11)10-12-5-7-13(19)8-6-12/h5-8,14H,2-4,9-10H2,1H3,(H,23,24)/t14-/m0/s1. The Morgan fingerprint density at radius 1 is 1.32 bits per heavy atom. The van der Waals surface area contributed by atoms with Crippen LogP contribution in [0.4, 0.5) is 4.39 Å². The third kappa shape index (κ3) is 3.87. The number of carbonyl (C=O) groups is 2. The number of piperidine rings is 1. The largest absolute Gasteiger partial charge is 0.480 e. The number of aryl methyl sites for hydroxylation is 1. The molecule has 5 nitrogen and oxygen atoms in total. The lowest BCUT2D eigenvalue weighted by molar-refractivity contribution is -0.143. The highest BCUT2D eigenvalue weighted by Crippen LogP contribution is 2.26. The molecule has 1 amide bonds. The summed E-state index contributed by atoms with van der Waals surface area (Å²) in [7, 11) is 0. The van der Waals surface area contributed by atoms with Gasteiger partial charge in [-0.05, 0) is 43.9 Å². The first kappa shape index (κ1) is 17.5. The van der Waals surface area contributed by atoms with Gasteiger partial charge in [0.1, 0.15) is 16.7 Å². The maximum atomic E-state index is 13.0. The van der Waals surface area contributed by atoms with E-state index in [9.17, 15) is 19.1 Å². The van der Waals surface area contributed by atoms with Crippen LogP contribution >= 0.6 is 11.3 Å². The van der Waals surface area contributed by atoms with E-state index in [-0.39, 0.29) is 11.7 Å². The monoisotopic (exact) mass is 362 g/mol. The van der Waals surface area contributed by atoms with Gasteiger partial charge in [0.25, 0.3) is 5.91 Å². The summed E-state index contributed by atoms with van der Waals surface area (Å²) in [5.41, 5.74) is 1.53. The zero-order valence-electron chi connectivity index (χ0n) is 13.9. The number of likely N-dealkylation sites (tertiary alicyclic amines) is 1. The lowest BCUT2D eigenvalue weighted by Crippen LogP contribution is -2.47. The van der Waals surface area contributed by atoms with Gasteiger partial charge in [-0.15, -0.1) is 11.3 Å². The first-order valence-corrected chi connectivity index (χ1v) is 9.02. The van der Waals surface area contributed by atoms with Crippen LogP contribution in [-0.4, -0.2) is 39.5 Å². The molecule has 1 aromatic heterocycles. The number of aliphatic carboxylic acids is 1. The Morgan fingerprint density at radius 2 is 2.04 bits per heavy atom. The minimum Gasteiger partial charge on any atom is -0.480 e. The van der Waals surface area contributed by atoms with Crippen molar-refractivity contribution in [2.45, 2.75) is 38.6 Å². The number of halogens is 1. The lowest BCUT2D eigenvalue weighted by atomic mass is 10.0. The molecule has 0 spiro atoms. The highest BCUT2D eigenvalue weighted by molar-refractivity contribution is 7.13. The van der Waals surface area contributed by atoms with E-state index in [1.54, 1.807) is 19.1 Å². The SMILES string of the molecule is Cc1nc(Cc2ccc(F)cc2)sc1C(=O)N1CCCC[C@H]1C(=O)O. The number of amides is 1. The molecule has 2 heterocycles. The van der Waals surface area contributed by atoms with E-state index >= 15 is 0 Å². The molecule has 2 aromatic rings. The highest BCUT2D eigenvalue weighted by atomic mass is 32.1. The summed E-state index contributed by atoms with van der Waals surface area (Å²) in [5, 5.41) is 10.1. The molecule has 7 heteroatoms. The summed E-state index contributed by atoms with van der Waals surface area (Å²) in [6.45, 7) is 2.22. The maximum Gasteiger partial charge on any atom is 0.326 e. The molecule has 0 bridgehead atoms.